The van der Waals surface area contributed by atoms with Crippen molar-refractivity contribution >= 4 is 6.03 Å². The molecule has 0 bridgehead atoms. The first-order valence-corrected chi connectivity index (χ1v) is 14.8. The molecule has 4 aromatic carbocycles. The first-order chi connectivity index (χ1) is 20.9. The van der Waals surface area contributed by atoms with E-state index in [0.29, 0.717) is 26.1 Å². The van der Waals surface area contributed by atoms with Crippen LogP contribution < -0.4 is 20.1 Å². The normalized spacial score (nSPS) is 22.5. The third-order valence-electron chi connectivity index (χ3n) is 7.84. The molecule has 0 aromatic heterocycles. The van der Waals surface area contributed by atoms with Gasteiger partial charge in [0.25, 0.3) is 0 Å². The van der Waals surface area contributed by atoms with Crippen molar-refractivity contribution < 1.29 is 23.7 Å². The van der Waals surface area contributed by atoms with Crippen LogP contribution in [0.2, 0.25) is 0 Å². The molecule has 2 saturated heterocycles. The Morgan fingerprint density at radius 1 is 0.581 bits per heavy atom. The minimum atomic E-state index is -0.764. The number of rotatable bonds is 10. The Morgan fingerprint density at radius 2 is 0.977 bits per heavy atom. The van der Waals surface area contributed by atoms with E-state index in [1.165, 1.54) is 0 Å². The van der Waals surface area contributed by atoms with Gasteiger partial charge in [0.1, 0.15) is 36.9 Å². The molecule has 0 radical (unpaired) electrons. The number of amides is 2. The van der Waals surface area contributed by atoms with E-state index in [1.807, 2.05) is 123 Å². The van der Waals surface area contributed by atoms with Crippen LogP contribution in [-0.4, -0.2) is 36.1 Å². The van der Waals surface area contributed by atoms with Crippen molar-refractivity contribution in [3.8, 4) is 11.5 Å². The molecule has 0 aliphatic carbocycles. The number of urea groups is 1. The lowest BCUT2D eigenvalue weighted by Crippen LogP contribution is -2.47. The van der Waals surface area contributed by atoms with Crippen molar-refractivity contribution in [2.45, 2.75) is 70.0 Å². The standard InChI is InChI=1S/C36H38N2O5/c1-36(2)42-33-31(21-25-13-17-29(18-14-25)40-23-27-9-5-3-6-10-27)37-35(39)38-32(34(33)43-36)22-26-15-19-30(20-16-26)41-24-28-11-7-4-8-12-28/h3-20,31-34H,21-24H2,1-2H3,(H2,37,38,39)/t31-,32-,33+,34+/m1/s1. The van der Waals surface area contributed by atoms with E-state index in [4.69, 9.17) is 18.9 Å². The van der Waals surface area contributed by atoms with Gasteiger partial charge in [-0.2, -0.15) is 0 Å². The molecule has 2 aliphatic heterocycles. The summed E-state index contributed by atoms with van der Waals surface area (Å²) in [6.45, 7) is 4.88. The molecule has 6 rings (SSSR count). The Hall–Kier alpha value is -4.33. The SMILES string of the molecule is CC1(C)O[C@@H]2[C@@H](O1)[C@@H](Cc1ccc(OCc3ccccc3)cc1)NC(=O)N[C@@H]2Cc1ccc(OCc2ccccc2)cc1. The van der Waals surface area contributed by atoms with Gasteiger partial charge in [0.2, 0.25) is 0 Å². The number of benzene rings is 4. The number of fused-ring (bicyclic) bond motifs is 1. The highest BCUT2D eigenvalue weighted by molar-refractivity contribution is 5.75. The van der Waals surface area contributed by atoms with E-state index in [9.17, 15) is 4.79 Å². The number of hydrogen-bond acceptors (Lipinski definition) is 5. The van der Waals surface area contributed by atoms with Crippen molar-refractivity contribution in [3.63, 3.8) is 0 Å². The molecule has 7 nitrogen and oxygen atoms in total. The lowest BCUT2D eigenvalue weighted by Gasteiger charge is -2.26. The first-order valence-electron chi connectivity index (χ1n) is 14.8. The third-order valence-corrected chi connectivity index (χ3v) is 7.84. The highest BCUT2D eigenvalue weighted by Crippen LogP contribution is 2.35. The maximum absolute atomic E-state index is 13.1. The molecule has 7 heteroatoms. The van der Waals surface area contributed by atoms with Crippen LogP contribution in [0.15, 0.2) is 109 Å². The van der Waals surface area contributed by atoms with Gasteiger partial charge in [-0.15, -0.1) is 0 Å². The summed E-state index contributed by atoms with van der Waals surface area (Å²) >= 11 is 0. The molecule has 0 unspecified atom stereocenters. The molecule has 2 N–H and O–H groups in total. The van der Waals surface area contributed by atoms with Crippen LogP contribution in [0.25, 0.3) is 0 Å². The minimum absolute atomic E-state index is 0.222. The number of carbonyl (C=O) groups is 1. The highest BCUT2D eigenvalue weighted by Gasteiger charge is 2.50. The van der Waals surface area contributed by atoms with Crippen molar-refractivity contribution in [1.29, 1.82) is 0 Å². The van der Waals surface area contributed by atoms with Gasteiger partial charge in [-0.3, -0.25) is 0 Å². The maximum Gasteiger partial charge on any atom is 0.315 e. The van der Waals surface area contributed by atoms with Crippen molar-refractivity contribution in [2.24, 2.45) is 0 Å². The van der Waals surface area contributed by atoms with Crippen LogP contribution in [0.3, 0.4) is 0 Å². The van der Waals surface area contributed by atoms with E-state index in [0.717, 1.165) is 33.8 Å². The van der Waals surface area contributed by atoms with Crippen molar-refractivity contribution in [1.82, 2.24) is 10.6 Å². The predicted octanol–water partition coefficient (Wildman–Crippen LogP) is 6.20. The fourth-order valence-corrected chi connectivity index (χ4v) is 5.75. The van der Waals surface area contributed by atoms with Gasteiger partial charge in [0.15, 0.2) is 5.79 Å². The quantitative estimate of drug-likeness (QED) is 0.234. The van der Waals surface area contributed by atoms with Gasteiger partial charge in [-0.05, 0) is 73.2 Å². The minimum Gasteiger partial charge on any atom is -0.489 e. The lowest BCUT2D eigenvalue weighted by molar-refractivity contribution is -0.150. The Bertz CT molecular complexity index is 1370. The summed E-state index contributed by atoms with van der Waals surface area (Å²) in [4.78, 5) is 13.1. The average molecular weight is 579 g/mol. The van der Waals surface area contributed by atoms with E-state index >= 15 is 0 Å². The molecule has 4 aromatic rings. The summed E-state index contributed by atoms with van der Waals surface area (Å²) in [5, 5.41) is 6.30. The molecule has 2 aliphatic rings. The molecule has 2 amide bonds. The van der Waals surface area contributed by atoms with E-state index in [-0.39, 0.29) is 30.3 Å². The van der Waals surface area contributed by atoms with Crippen LogP contribution in [0.5, 0.6) is 11.5 Å². The first kappa shape index (κ1) is 28.8. The molecule has 2 heterocycles. The molecular formula is C36H38N2O5. The third kappa shape index (κ3) is 7.55. The summed E-state index contributed by atoms with van der Waals surface area (Å²) in [7, 11) is 0. The number of hydrogen-bond donors (Lipinski definition) is 2. The highest BCUT2D eigenvalue weighted by atomic mass is 16.8. The average Bonchev–Trinajstić information content (AvgIpc) is 3.30. The van der Waals surface area contributed by atoms with Crippen LogP contribution in [0.4, 0.5) is 4.79 Å². The van der Waals surface area contributed by atoms with E-state index < -0.39 is 5.79 Å². The Balaban J connectivity index is 1.10. The second-order valence-corrected chi connectivity index (χ2v) is 11.6. The fourth-order valence-electron chi connectivity index (χ4n) is 5.75. The summed E-state index contributed by atoms with van der Waals surface area (Å²) < 4.78 is 24.7. The maximum atomic E-state index is 13.1. The summed E-state index contributed by atoms with van der Waals surface area (Å²) in [6, 6.07) is 35.5. The van der Waals surface area contributed by atoms with Crippen molar-refractivity contribution in [3.05, 3.63) is 131 Å². The lowest BCUT2D eigenvalue weighted by atomic mass is 9.92. The van der Waals surface area contributed by atoms with Gasteiger partial charge in [-0.1, -0.05) is 84.9 Å². The monoisotopic (exact) mass is 578 g/mol. The zero-order chi connectivity index (χ0) is 29.6. The Labute approximate surface area is 253 Å². The van der Waals surface area contributed by atoms with Crippen molar-refractivity contribution in [2.75, 3.05) is 0 Å². The Morgan fingerprint density at radius 3 is 1.37 bits per heavy atom. The van der Waals surface area contributed by atoms with E-state index in [2.05, 4.69) is 10.6 Å². The largest absolute Gasteiger partial charge is 0.489 e. The second-order valence-electron chi connectivity index (χ2n) is 11.6. The zero-order valence-corrected chi connectivity index (χ0v) is 24.6. The molecule has 0 saturated carbocycles. The van der Waals surface area contributed by atoms with E-state index in [1.54, 1.807) is 0 Å². The fraction of sp³-hybridized carbons (Fsp3) is 0.306. The van der Waals surface area contributed by atoms with Gasteiger partial charge >= 0.3 is 6.03 Å². The van der Waals surface area contributed by atoms with Gasteiger partial charge in [-0.25, -0.2) is 4.79 Å². The molecule has 2 fully saturated rings. The van der Waals surface area contributed by atoms with Gasteiger partial charge in [0, 0.05) is 0 Å². The molecule has 4 atom stereocenters. The van der Waals surface area contributed by atoms with Crippen LogP contribution in [0.1, 0.15) is 36.1 Å². The van der Waals surface area contributed by atoms with Gasteiger partial charge < -0.3 is 29.6 Å². The van der Waals surface area contributed by atoms with Crippen LogP contribution in [-0.2, 0) is 35.5 Å². The molecule has 222 valence electrons. The summed E-state index contributed by atoms with van der Waals surface area (Å²) in [5.74, 6) is 0.838. The zero-order valence-electron chi connectivity index (χ0n) is 24.6. The smallest absolute Gasteiger partial charge is 0.315 e. The molecule has 43 heavy (non-hydrogen) atoms. The van der Waals surface area contributed by atoms with Crippen LogP contribution >= 0.6 is 0 Å². The number of carbonyl (C=O) groups excluding carboxylic acids is 1. The molecule has 0 spiro atoms. The molecular weight excluding hydrogens is 540 g/mol. The number of ether oxygens (including phenoxy) is 4. The topological polar surface area (TPSA) is 78.0 Å². The summed E-state index contributed by atoms with van der Waals surface area (Å²) in [5.41, 5.74) is 4.39. The van der Waals surface area contributed by atoms with Gasteiger partial charge in [0.05, 0.1) is 12.1 Å². The summed E-state index contributed by atoms with van der Waals surface area (Å²) in [6.07, 6.45) is 0.572. The predicted molar refractivity (Wildman–Crippen MR) is 165 cm³/mol. The van der Waals surface area contributed by atoms with Crippen LogP contribution in [0, 0.1) is 0 Å². The number of nitrogens with one attached hydrogen (secondary N) is 2. The Kier molecular flexibility index (Phi) is 8.63. The second kappa shape index (κ2) is 12.9.